The number of hydrogen-bond donors (Lipinski definition) is 1. The SMILES string of the molecule is N#CC1(CC(=O)c2cc(NC(=O)[C@@H]3[C@@H](c4cc(Cl)cc(Cl)c4)C3(Cl)Cl)ccc2Cl)CC1. The molecule has 160 valence electrons. The van der Waals surface area contributed by atoms with Gasteiger partial charge in [0.25, 0.3) is 0 Å². The van der Waals surface area contributed by atoms with E-state index in [0.29, 0.717) is 34.1 Å². The van der Waals surface area contributed by atoms with Gasteiger partial charge in [0.2, 0.25) is 5.91 Å². The van der Waals surface area contributed by atoms with E-state index in [9.17, 15) is 14.9 Å². The maximum absolute atomic E-state index is 12.9. The van der Waals surface area contributed by atoms with Crippen LogP contribution in [0.25, 0.3) is 0 Å². The van der Waals surface area contributed by atoms with E-state index in [1.54, 1.807) is 24.3 Å². The smallest absolute Gasteiger partial charge is 0.231 e. The number of rotatable bonds is 6. The Kier molecular flexibility index (Phi) is 5.96. The molecule has 1 N–H and O–H groups in total. The predicted molar refractivity (Wildman–Crippen MR) is 123 cm³/mol. The Labute approximate surface area is 204 Å². The van der Waals surface area contributed by atoms with Gasteiger partial charge in [0, 0.05) is 33.6 Å². The fourth-order valence-corrected chi connectivity index (χ4v) is 5.33. The van der Waals surface area contributed by atoms with E-state index in [4.69, 9.17) is 58.0 Å². The zero-order chi connectivity index (χ0) is 22.6. The van der Waals surface area contributed by atoms with Crippen molar-refractivity contribution in [2.75, 3.05) is 5.32 Å². The van der Waals surface area contributed by atoms with Crippen molar-refractivity contribution in [3.05, 3.63) is 62.6 Å². The molecule has 0 aromatic heterocycles. The average molecular weight is 517 g/mol. The molecule has 0 aliphatic heterocycles. The molecule has 0 bridgehead atoms. The number of alkyl halides is 2. The highest BCUT2D eigenvalue weighted by Gasteiger charge is 2.67. The molecule has 4 rings (SSSR count). The van der Waals surface area contributed by atoms with E-state index < -0.39 is 27.5 Å². The summed E-state index contributed by atoms with van der Waals surface area (Å²) in [6.07, 6.45) is 1.51. The van der Waals surface area contributed by atoms with Gasteiger partial charge in [-0.25, -0.2) is 0 Å². The van der Waals surface area contributed by atoms with Crippen molar-refractivity contribution in [1.82, 2.24) is 0 Å². The molecule has 2 atom stereocenters. The zero-order valence-corrected chi connectivity index (χ0v) is 19.7. The fraction of sp³-hybridized carbons (Fsp3) is 0.318. The van der Waals surface area contributed by atoms with Crippen molar-refractivity contribution in [2.24, 2.45) is 11.3 Å². The molecule has 9 heteroatoms. The van der Waals surface area contributed by atoms with Gasteiger partial charge in [0.15, 0.2) is 5.78 Å². The number of amides is 1. The van der Waals surface area contributed by atoms with E-state index in [1.807, 2.05) is 0 Å². The first-order valence-corrected chi connectivity index (χ1v) is 11.3. The van der Waals surface area contributed by atoms with Gasteiger partial charge in [-0.2, -0.15) is 5.26 Å². The molecular weight excluding hydrogens is 502 g/mol. The number of anilines is 1. The number of halogens is 5. The molecule has 0 radical (unpaired) electrons. The summed E-state index contributed by atoms with van der Waals surface area (Å²) in [5.41, 5.74) is 0.730. The lowest BCUT2D eigenvalue weighted by Gasteiger charge is -2.10. The van der Waals surface area contributed by atoms with Gasteiger partial charge < -0.3 is 5.32 Å². The van der Waals surface area contributed by atoms with Gasteiger partial charge in [0.05, 0.1) is 22.4 Å². The molecule has 0 unspecified atom stereocenters. The molecule has 2 saturated carbocycles. The van der Waals surface area contributed by atoms with Gasteiger partial charge >= 0.3 is 0 Å². The summed E-state index contributed by atoms with van der Waals surface area (Å²) < 4.78 is -1.31. The van der Waals surface area contributed by atoms with Crippen molar-refractivity contribution in [2.45, 2.75) is 29.5 Å². The van der Waals surface area contributed by atoms with Crippen LogP contribution in [0.2, 0.25) is 15.1 Å². The van der Waals surface area contributed by atoms with Crippen molar-refractivity contribution < 1.29 is 9.59 Å². The largest absolute Gasteiger partial charge is 0.326 e. The van der Waals surface area contributed by atoms with Gasteiger partial charge in [-0.3, -0.25) is 9.59 Å². The highest BCUT2D eigenvalue weighted by Crippen LogP contribution is 2.65. The molecule has 2 aliphatic carbocycles. The summed E-state index contributed by atoms with van der Waals surface area (Å²) in [5, 5.41) is 13.1. The second-order valence-electron chi connectivity index (χ2n) is 8.01. The van der Waals surface area contributed by atoms with E-state index in [-0.39, 0.29) is 22.8 Å². The molecule has 2 fully saturated rings. The summed E-state index contributed by atoms with van der Waals surface area (Å²) in [7, 11) is 0. The lowest BCUT2D eigenvalue weighted by molar-refractivity contribution is -0.117. The highest BCUT2D eigenvalue weighted by atomic mass is 35.5. The molecule has 0 heterocycles. The topological polar surface area (TPSA) is 70.0 Å². The Bertz CT molecular complexity index is 1120. The first-order valence-electron chi connectivity index (χ1n) is 9.45. The van der Waals surface area contributed by atoms with Crippen molar-refractivity contribution in [3.8, 4) is 6.07 Å². The van der Waals surface area contributed by atoms with Crippen LogP contribution in [0.3, 0.4) is 0 Å². The maximum Gasteiger partial charge on any atom is 0.231 e. The molecule has 0 spiro atoms. The molecular formula is C22H15Cl5N2O2. The summed E-state index contributed by atoms with van der Waals surface area (Å²) in [4.78, 5) is 25.5. The third-order valence-electron chi connectivity index (χ3n) is 5.70. The summed E-state index contributed by atoms with van der Waals surface area (Å²) in [6, 6.07) is 11.8. The molecule has 4 nitrogen and oxygen atoms in total. The van der Waals surface area contributed by atoms with Crippen LogP contribution in [0.5, 0.6) is 0 Å². The van der Waals surface area contributed by atoms with Crippen LogP contribution in [-0.2, 0) is 4.79 Å². The van der Waals surface area contributed by atoms with E-state index >= 15 is 0 Å². The first kappa shape index (κ1) is 22.7. The van der Waals surface area contributed by atoms with E-state index in [0.717, 1.165) is 0 Å². The molecule has 2 aliphatic rings. The van der Waals surface area contributed by atoms with Crippen LogP contribution >= 0.6 is 58.0 Å². The highest BCUT2D eigenvalue weighted by molar-refractivity contribution is 6.53. The quantitative estimate of drug-likeness (QED) is 0.330. The number of carbonyl (C=O) groups excluding carboxylic acids is 2. The number of hydrogen-bond acceptors (Lipinski definition) is 3. The Morgan fingerprint density at radius 2 is 1.71 bits per heavy atom. The fourth-order valence-electron chi connectivity index (χ4n) is 3.74. The number of ketones is 1. The second kappa shape index (κ2) is 8.14. The molecule has 2 aromatic rings. The minimum Gasteiger partial charge on any atom is -0.326 e. The van der Waals surface area contributed by atoms with Crippen LogP contribution < -0.4 is 5.32 Å². The van der Waals surface area contributed by atoms with Crippen LogP contribution in [0.1, 0.15) is 41.1 Å². The minimum absolute atomic E-state index is 0.104. The zero-order valence-electron chi connectivity index (χ0n) is 15.9. The lowest BCUT2D eigenvalue weighted by atomic mass is 9.96. The summed E-state index contributed by atoms with van der Waals surface area (Å²) >= 11 is 31.1. The Balaban J connectivity index is 1.51. The van der Waals surface area contributed by atoms with Gasteiger partial charge in [0.1, 0.15) is 4.33 Å². The van der Waals surface area contributed by atoms with Crippen LogP contribution in [0, 0.1) is 22.7 Å². The lowest BCUT2D eigenvalue weighted by Crippen LogP contribution is -2.17. The predicted octanol–water partition coefficient (Wildman–Crippen LogP) is 7.05. The van der Waals surface area contributed by atoms with Crippen LogP contribution in [0.4, 0.5) is 5.69 Å². The monoisotopic (exact) mass is 514 g/mol. The Morgan fingerprint density at radius 1 is 1.06 bits per heavy atom. The standard InChI is InChI=1S/C22H15Cl5N2O2/c23-12-5-11(6-13(24)7-12)18-19(22(18,26)27)20(31)29-14-1-2-16(25)15(8-14)17(30)9-21(10-28)3-4-21/h1-2,5-8,18-19H,3-4,9H2,(H,29,31)/t18-,19+/m1/s1. The summed E-state index contributed by atoms with van der Waals surface area (Å²) in [5.74, 6) is -1.84. The number of nitrogens with zero attached hydrogens (tertiary/aromatic N) is 1. The van der Waals surface area contributed by atoms with Crippen molar-refractivity contribution in [1.29, 1.82) is 5.26 Å². The Morgan fingerprint density at radius 3 is 2.29 bits per heavy atom. The van der Waals surface area contributed by atoms with Crippen LogP contribution in [-0.4, -0.2) is 16.0 Å². The average Bonchev–Trinajstić information content (AvgIpc) is 3.57. The van der Waals surface area contributed by atoms with Gasteiger partial charge in [-0.15, -0.1) is 23.2 Å². The second-order valence-corrected chi connectivity index (χ2v) is 10.7. The molecule has 31 heavy (non-hydrogen) atoms. The molecule has 1 amide bonds. The Hall–Kier alpha value is -1.48. The summed E-state index contributed by atoms with van der Waals surface area (Å²) in [6.45, 7) is 0. The van der Waals surface area contributed by atoms with Crippen LogP contribution in [0.15, 0.2) is 36.4 Å². The third-order valence-corrected chi connectivity index (χ3v) is 7.41. The molecule has 2 aromatic carbocycles. The van der Waals surface area contributed by atoms with E-state index in [2.05, 4.69) is 11.4 Å². The number of carbonyl (C=O) groups is 2. The van der Waals surface area contributed by atoms with Crippen molar-refractivity contribution >= 4 is 75.4 Å². The number of nitrogens with one attached hydrogen (secondary N) is 1. The molecule has 0 saturated heterocycles. The van der Waals surface area contributed by atoms with Gasteiger partial charge in [-0.1, -0.05) is 34.8 Å². The number of Topliss-reactive ketones (excluding diaryl/α,β-unsaturated/α-hetero) is 1. The van der Waals surface area contributed by atoms with Gasteiger partial charge in [-0.05, 0) is 54.8 Å². The normalized spacial score (nSPS) is 22.3. The maximum atomic E-state index is 12.9. The number of benzene rings is 2. The van der Waals surface area contributed by atoms with Crippen molar-refractivity contribution in [3.63, 3.8) is 0 Å². The minimum atomic E-state index is -1.31. The third kappa shape index (κ3) is 4.53. The van der Waals surface area contributed by atoms with E-state index in [1.165, 1.54) is 12.1 Å². The number of nitriles is 1. The first-order chi connectivity index (χ1) is 14.6.